The van der Waals surface area contributed by atoms with Crippen LogP contribution in [0.1, 0.15) is 22.3 Å². The molecule has 12 aromatic rings. The molecule has 0 saturated carbocycles. The number of hydrogen-bond donors (Lipinski definition) is 0. The minimum atomic E-state index is -0.518. The Kier molecular flexibility index (Phi) is 9.77. The highest BCUT2D eigenvalue weighted by molar-refractivity contribution is 6.10. The fourth-order valence-electron chi connectivity index (χ4n) is 11.1. The average molecular weight is 880 g/mol. The van der Waals surface area contributed by atoms with E-state index in [1.165, 1.54) is 50.1 Å². The van der Waals surface area contributed by atoms with Gasteiger partial charge in [-0.25, -0.2) is 0 Å². The summed E-state index contributed by atoms with van der Waals surface area (Å²) in [5.74, 6) is 0. The smallest absolute Gasteiger partial charge is 0.143 e. The maximum atomic E-state index is 6.62. The van der Waals surface area contributed by atoms with Gasteiger partial charge in [0.15, 0.2) is 0 Å². The van der Waals surface area contributed by atoms with E-state index >= 15 is 0 Å². The Labute approximate surface area is 402 Å². The SMILES string of the molecule is c1ccc(-c2ccc(-c3cccc(N(c4cccc(-c5cccc6c5oc5ccccc56)c4)c4ccccc4-c4cccc5c4-c4ccccc4C5(c4ccccc4)c4ccccc4)c3)cc2)cc1. The van der Waals surface area contributed by atoms with Gasteiger partial charge in [-0.1, -0.05) is 237 Å². The minimum Gasteiger partial charge on any atom is -0.455 e. The molecule has 2 heteroatoms. The van der Waals surface area contributed by atoms with Gasteiger partial charge in [0.1, 0.15) is 11.2 Å². The largest absolute Gasteiger partial charge is 0.455 e. The normalized spacial score (nSPS) is 12.5. The second kappa shape index (κ2) is 16.7. The van der Waals surface area contributed by atoms with E-state index in [-0.39, 0.29) is 0 Å². The lowest BCUT2D eigenvalue weighted by Gasteiger charge is -2.34. The molecule has 1 aromatic heterocycles. The molecule has 0 spiro atoms. The second-order valence-electron chi connectivity index (χ2n) is 17.9. The maximum Gasteiger partial charge on any atom is 0.143 e. The summed E-state index contributed by atoms with van der Waals surface area (Å²) < 4.78 is 6.62. The van der Waals surface area contributed by atoms with Crippen molar-refractivity contribution in [3.8, 4) is 55.6 Å². The van der Waals surface area contributed by atoms with Crippen LogP contribution in [0.15, 0.2) is 277 Å². The molecular formula is C67H45NO. The number of rotatable bonds is 9. The van der Waals surface area contributed by atoms with Gasteiger partial charge in [0.05, 0.1) is 11.1 Å². The lowest BCUT2D eigenvalue weighted by Crippen LogP contribution is -2.28. The Morgan fingerprint density at radius 2 is 0.783 bits per heavy atom. The molecule has 0 N–H and O–H groups in total. The zero-order valence-electron chi connectivity index (χ0n) is 37.8. The zero-order chi connectivity index (χ0) is 45.7. The molecule has 0 saturated heterocycles. The molecular weight excluding hydrogens is 835 g/mol. The molecule has 2 nitrogen and oxygen atoms in total. The molecule has 11 aromatic carbocycles. The van der Waals surface area contributed by atoms with Crippen molar-refractivity contribution in [3.05, 3.63) is 295 Å². The third-order valence-electron chi connectivity index (χ3n) is 14.2. The van der Waals surface area contributed by atoms with E-state index in [2.05, 4.69) is 272 Å². The monoisotopic (exact) mass is 879 g/mol. The van der Waals surface area contributed by atoms with Gasteiger partial charge >= 0.3 is 0 Å². The Bertz CT molecular complexity index is 3790. The standard InChI is InChI=1S/C67H45NO/c1-4-20-46(21-5-1)47-40-42-48(43-41-47)49-22-16-28-53(44-49)68(54-29-17-23-50(45-54)55-33-18-35-59-57-31-12-15-39-64(57)69-66(55)59)63-38-14-11-30-56(63)58-34-19-37-62-65(58)60-32-10-13-36-61(60)67(62,51-24-6-2-7-25-51)52-26-8-3-9-27-52/h1-45H. The van der Waals surface area contributed by atoms with Crippen LogP contribution in [0, 0.1) is 0 Å². The van der Waals surface area contributed by atoms with Crippen LogP contribution in [0.4, 0.5) is 17.1 Å². The van der Waals surface area contributed by atoms with Gasteiger partial charge in [-0.3, -0.25) is 0 Å². The summed E-state index contributed by atoms with van der Waals surface area (Å²) in [7, 11) is 0. The van der Waals surface area contributed by atoms with Crippen molar-refractivity contribution in [2.45, 2.75) is 5.41 Å². The molecule has 0 aliphatic heterocycles. The summed E-state index contributed by atoms with van der Waals surface area (Å²) in [5.41, 5.74) is 21.2. The van der Waals surface area contributed by atoms with Crippen molar-refractivity contribution in [1.29, 1.82) is 0 Å². The molecule has 0 radical (unpaired) electrons. The Morgan fingerprint density at radius 1 is 0.304 bits per heavy atom. The number of anilines is 3. The van der Waals surface area contributed by atoms with E-state index in [1.807, 2.05) is 6.07 Å². The maximum absolute atomic E-state index is 6.62. The highest BCUT2D eigenvalue weighted by atomic mass is 16.3. The summed E-state index contributed by atoms with van der Waals surface area (Å²) in [6.07, 6.45) is 0. The predicted molar refractivity (Wildman–Crippen MR) is 287 cm³/mol. The number of benzene rings is 11. The predicted octanol–water partition coefficient (Wildman–Crippen LogP) is 18.1. The number of hydrogen-bond acceptors (Lipinski definition) is 2. The van der Waals surface area contributed by atoms with Crippen molar-refractivity contribution in [2.24, 2.45) is 0 Å². The van der Waals surface area contributed by atoms with Crippen LogP contribution in [0.2, 0.25) is 0 Å². The van der Waals surface area contributed by atoms with Crippen LogP contribution in [0.5, 0.6) is 0 Å². The van der Waals surface area contributed by atoms with Gasteiger partial charge < -0.3 is 9.32 Å². The third kappa shape index (κ3) is 6.64. The molecule has 1 aliphatic rings. The van der Waals surface area contributed by atoms with Crippen LogP contribution >= 0.6 is 0 Å². The van der Waals surface area contributed by atoms with Gasteiger partial charge in [-0.05, 0) is 103 Å². The fourth-order valence-corrected chi connectivity index (χ4v) is 11.1. The molecule has 0 unspecified atom stereocenters. The van der Waals surface area contributed by atoms with E-state index in [0.717, 1.165) is 66.8 Å². The molecule has 0 fully saturated rings. The van der Waals surface area contributed by atoms with Crippen molar-refractivity contribution in [2.75, 3.05) is 4.90 Å². The van der Waals surface area contributed by atoms with E-state index in [1.54, 1.807) is 0 Å². The van der Waals surface area contributed by atoms with E-state index < -0.39 is 5.41 Å². The number of nitrogens with zero attached hydrogens (tertiary/aromatic N) is 1. The van der Waals surface area contributed by atoms with Crippen molar-refractivity contribution < 1.29 is 4.42 Å². The second-order valence-corrected chi connectivity index (χ2v) is 17.9. The molecule has 0 amide bonds. The third-order valence-corrected chi connectivity index (χ3v) is 14.2. The Balaban J connectivity index is 1.03. The number of fused-ring (bicyclic) bond motifs is 6. The Hall–Kier alpha value is -8.98. The average Bonchev–Trinajstić information content (AvgIpc) is 3.97. The zero-order valence-corrected chi connectivity index (χ0v) is 37.8. The minimum absolute atomic E-state index is 0.518. The first-order chi connectivity index (χ1) is 34.2. The van der Waals surface area contributed by atoms with Crippen molar-refractivity contribution >= 4 is 39.0 Å². The molecule has 0 atom stereocenters. The molecule has 13 rings (SSSR count). The number of para-hydroxylation sites is 3. The van der Waals surface area contributed by atoms with Crippen LogP contribution in [0.3, 0.4) is 0 Å². The topological polar surface area (TPSA) is 16.4 Å². The summed E-state index contributed by atoms with van der Waals surface area (Å²) in [4.78, 5) is 2.45. The van der Waals surface area contributed by atoms with Crippen molar-refractivity contribution in [1.82, 2.24) is 0 Å². The van der Waals surface area contributed by atoms with Crippen LogP contribution < -0.4 is 4.90 Å². The summed E-state index contributed by atoms with van der Waals surface area (Å²) in [6.45, 7) is 0. The fraction of sp³-hybridized carbons (Fsp3) is 0.0149. The lowest BCUT2D eigenvalue weighted by molar-refractivity contribution is 0.670. The lowest BCUT2D eigenvalue weighted by atomic mass is 9.67. The summed E-state index contributed by atoms with van der Waals surface area (Å²) >= 11 is 0. The molecule has 1 aliphatic carbocycles. The molecule has 69 heavy (non-hydrogen) atoms. The molecule has 324 valence electrons. The van der Waals surface area contributed by atoms with Gasteiger partial charge in [-0.15, -0.1) is 0 Å². The summed E-state index contributed by atoms with van der Waals surface area (Å²) in [6, 6.07) is 99.3. The van der Waals surface area contributed by atoms with Crippen LogP contribution in [-0.4, -0.2) is 0 Å². The highest BCUT2D eigenvalue weighted by Gasteiger charge is 2.47. The summed E-state index contributed by atoms with van der Waals surface area (Å²) in [5, 5.41) is 2.23. The first-order valence-corrected chi connectivity index (χ1v) is 23.7. The first-order valence-electron chi connectivity index (χ1n) is 23.7. The van der Waals surface area contributed by atoms with Crippen LogP contribution in [0.25, 0.3) is 77.6 Å². The van der Waals surface area contributed by atoms with E-state index in [0.29, 0.717) is 0 Å². The molecule has 0 bridgehead atoms. The van der Waals surface area contributed by atoms with Gasteiger partial charge in [0.25, 0.3) is 0 Å². The van der Waals surface area contributed by atoms with E-state index in [4.69, 9.17) is 4.42 Å². The van der Waals surface area contributed by atoms with Gasteiger partial charge in [0.2, 0.25) is 0 Å². The van der Waals surface area contributed by atoms with Gasteiger partial charge in [0, 0.05) is 33.3 Å². The van der Waals surface area contributed by atoms with Crippen LogP contribution in [-0.2, 0) is 5.41 Å². The van der Waals surface area contributed by atoms with Crippen molar-refractivity contribution in [3.63, 3.8) is 0 Å². The van der Waals surface area contributed by atoms with E-state index in [9.17, 15) is 0 Å². The van der Waals surface area contributed by atoms with Gasteiger partial charge in [-0.2, -0.15) is 0 Å². The highest BCUT2D eigenvalue weighted by Crippen LogP contribution is 2.59. The number of furan rings is 1. The first kappa shape index (κ1) is 40.3. The quantitative estimate of drug-likeness (QED) is 0.144. The Morgan fingerprint density at radius 3 is 1.52 bits per heavy atom. The molecule has 1 heterocycles.